The Kier molecular flexibility index (Phi) is 1.96. The normalized spacial score (nSPS) is 36.5. The molecule has 2 heteroatoms. The van der Waals surface area contributed by atoms with Crippen molar-refractivity contribution in [3.05, 3.63) is 0 Å². The quantitative estimate of drug-likeness (QED) is 0.429. The van der Waals surface area contributed by atoms with Gasteiger partial charge in [0, 0.05) is 11.6 Å². The van der Waals surface area contributed by atoms with Crippen LogP contribution in [0.25, 0.3) is 0 Å². The predicted molar refractivity (Wildman–Crippen MR) is 53.6 cm³/mol. The molecule has 1 aliphatic heterocycles. The van der Waals surface area contributed by atoms with Crippen LogP contribution in [0.5, 0.6) is 0 Å². The van der Waals surface area contributed by atoms with Crippen LogP contribution in [0.15, 0.2) is 0 Å². The van der Waals surface area contributed by atoms with Crippen molar-refractivity contribution < 1.29 is 0 Å². The van der Waals surface area contributed by atoms with Crippen molar-refractivity contribution in [2.75, 3.05) is 0 Å². The standard InChI is InChI=1S/C9H21NSi/c1-7-9(5,6)10(7)11-8(2,3)4/h7H,11H2,1-6H3. The van der Waals surface area contributed by atoms with E-state index in [0.29, 0.717) is 10.6 Å². The lowest BCUT2D eigenvalue weighted by Gasteiger charge is -2.19. The molecule has 0 bridgehead atoms. The summed E-state index contributed by atoms with van der Waals surface area (Å²) in [6, 6.07) is 0.841. The van der Waals surface area contributed by atoms with E-state index in [4.69, 9.17) is 0 Å². The molecule has 1 rings (SSSR count). The first kappa shape index (κ1) is 9.27. The van der Waals surface area contributed by atoms with Gasteiger partial charge in [-0.1, -0.05) is 20.8 Å². The van der Waals surface area contributed by atoms with Crippen molar-refractivity contribution in [1.82, 2.24) is 4.57 Å². The zero-order valence-electron chi connectivity index (χ0n) is 8.73. The molecule has 0 spiro atoms. The summed E-state index contributed by atoms with van der Waals surface area (Å²) >= 11 is 0. The van der Waals surface area contributed by atoms with Crippen LogP contribution in [0.4, 0.5) is 0 Å². The minimum Gasteiger partial charge on any atom is -0.318 e. The molecule has 1 nitrogen and oxygen atoms in total. The summed E-state index contributed by atoms with van der Waals surface area (Å²) in [5, 5.41) is 0.585. The Labute approximate surface area is 73.1 Å². The van der Waals surface area contributed by atoms with Gasteiger partial charge in [0.2, 0.25) is 0 Å². The smallest absolute Gasteiger partial charge is 0.101 e. The van der Waals surface area contributed by atoms with Crippen molar-refractivity contribution in [3.8, 4) is 0 Å². The van der Waals surface area contributed by atoms with Crippen molar-refractivity contribution in [2.24, 2.45) is 0 Å². The SMILES string of the molecule is CC1N([SiH2]C(C)(C)C)C1(C)C. The monoisotopic (exact) mass is 171 g/mol. The van der Waals surface area contributed by atoms with Gasteiger partial charge >= 0.3 is 0 Å². The molecular formula is C9H21NSi. The largest absolute Gasteiger partial charge is 0.318 e. The van der Waals surface area contributed by atoms with Crippen molar-refractivity contribution in [1.29, 1.82) is 0 Å². The van der Waals surface area contributed by atoms with Crippen LogP contribution in [0.3, 0.4) is 0 Å². The topological polar surface area (TPSA) is 3.01 Å². The molecule has 0 aliphatic carbocycles. The molecule has 0 saturated carbocycles. The van der Waals surface area contributed by atoms with Crippen LogP contribution in [-0.4, -0.2) is 25.8 Å². The molecule has 0 aromatic heterocycles. The first-order chi connectivity index (χ1) is 4.75. The van der Waals surface area contributed by atoms with E-state index in [9.17, 15) is 0 Å². The summed E-state index contributed by atoms with van der Waals surface area (Å²) in [7, 11) is -0.0228. The van der Waals surface area contributed by atoms with Gasteiger partial charge in [0.05, 0.1) is 0 Å². The maximum Gasteiger partial charge on any atom is 0.101 e. The van der Waals surface area contributed by atoms with Gasteiger partial charge in [-0.15, -0.1) is 0 Å². The number of hydrogen-bond donors (Lipinski definition) is 0. The van der Waals surface area contributed by atoms with Gasteiger partial charge in [-0.05, 0) is 25.8 Å². The molecule has 2 atom stereocenters. The van der Waals surface area contributed by atoms with Gasteiger partial charge in [-0.25, -0.2) is 0 Å². The summed E-state index contributed by atoms with van der Waals surface area (Å²) in [6.45, 7) is 14.1. The first-order valence-corrected chi connectivity index (χ1v) is 5.86. The molecule has 1 fully saturated rings. The van der Waals surface area contributed by atoms with E-state index in [0.717, 1.165) is 6.04 Å². The van der Waals surface area contributed by atoms with Crippen molar-refractivity contribution >= 4 is 9.68 Å². The zero-order valence-corrected chi connectivity index (χ0v) is 10.1. The van der Waals surface area contributed by atoms with Gasteiger partial charge in [0.25, 0.3) is 0 Å². The molecule has 0 N–H and O–H groups in total. The zero-order chi connectivity index (χ0) is 8.86. The molecule has 0 aromatic carbocycles. The van der Waals surface area contributed by atoms with E-state index in [1.54, 1.807) is 0 Å². The Morgan fingerprint density at radius 2 is 1.64 bits per heavy atom. The van der Waals surface area contributed by atoms with Gasteiger partial charge < -0.3 is 4.57 Å². The highest BCUT2D eigenvalue weighted by atomic mass is 28.2. The predicted octanol–water partition coefficient (Wildman–Crippen LogP) is 1.77. The van der Waals surface area contributed by atoms with Gasteiger partial charge in [-0.2, -0.15) is 0 Å². The average Bonchev–Trinajstić information content (AvgIpc) is 2.14. The van der Waals surface area contributed by atoms with Gasteiger partial charge in [0.1, 0.15) is 9.68 Å². The Balaban J connectivity index is 2.44. The van der Waals surface area contributed by atoms with E-state index in [-0.39, 0.29) is 9.68 Å². The van der Waals surface area contributed by atoms with Crippen LogP contribution < -0.4 is 0 Å². The lowest BCUT2D eigenvalue weighted by Crippen LogP contribution is -2.22. The Hall–Kier alpha value is 0.177. The maximum atomic E-state index is 2.70. The fourth-order valence-electron chi connectivity index (χ4n) is 1.63. The molecule has 66 valence electrons. The molecular weight excluding hydrogens is 150 g/mol. The van der Waals surface area contributed by atoms with E-state index < -0.39 is 0 Å². The average molecular weight is 171 g/mol. The molecule has 2 unspecified atom stereocenters. The molecule has 0 amide bonds. The highest BCUT2D eigenvalue weighted by Crippen LogP contribution is 2.42. The third kappa shape index (κ3) is 1.85. The minimum absolute atomic E-state index is 0.0228. The lowest BCUT2D eigenvalue weighted by molar-refractivity contribution is 0.599. The highest BCUT2D eigenvalue weighted by molar-refractivity contribution is 6.37. The molecule has 1 aliphatic rings. The van der Waals surface area contributed by atoms with Crippen molar-refractivity contribution in [2.45, 2.75) is 58.2 Å². The Morgan fingerprint density at radius 1 is 1.27 bits per heavy atom. The van der Waals surface area contributed by atoms with Crippen LogP contribution in [-0.2, 0) is 0 Å². The minimum atomic E-state index is -0.0228. The molecule has 0 aromatic rings. The fourth-order valence-corrected chi connectivity index (χ4v) is 3.96. The number of hydrogen-bond acceptors (Lipinski definition) is 1. The molecule has 0 radical (unpaired) electrons. The van der Waals surface area contributed by atoms with E-state index in [1.807, 2.05) is 0 Å². The van der Waals surface area contributed by atoms with Gasteiger partial charge in [-0.3, -0.25) is 0 Å². The third-order valence-corrected chi connectivity index (χ3v) is 5.46. The second kappa shape index (κ2) is 2.33. The third-order valence-electron chi connectivity index (χ3n) is 2.81. The van der Waals surface area contributed by atoms with Crippen LogP contribution in [0, 0.1) is 0 Å². The van der Waals surface area contributed by atoms with Crippen LogP contribution in [0.2, 0.25) is 5.04 Å². The molecule has 11 heavy (non-hydrogen) atoms. The Morgan fingerprint density at radius 3 is 1.73 bits per heavy atom. The van der Waals surface area contributed by atoms with Gasteiger partial charge in [0.15, 0.2) is 0 Å². The van der Waals surface area contributed by atoms with Crippen molar-refractivity contribution in [3.63, 3.8) is 0 Å². The van der Waals surface area contributed by atoms with E-state index in [2.05, 4.69) is 46.1 Å². The first-order valence-electron chi connectivity index (χ1n) is 4.52. The summed E-state index contributed by atoms with van der Waals surface area (Å²) in [5.74, 6) is 0. The van der Waals surface area contributed by atoms with E-state index >= 15 is 0 Å². The Bertz CT molecular complexity index is 157. The number of rotatable bonds is 1. The molecule has 1 saturated heterocycles. The molecule has 1 heterocycles. The lowest BCUT2D eigenvalue weighted by atomic mass is 10.2. The highest BCUT2D eigenvalue weighted by Gasteiger charge is 2.52. The second-order valence-electron chi connectivity index (χ2n) is 5.52. The van der Waals surface area contributed by atoms with Crippen LogP contribution >= 0.6 is 0 Å². The fraction of sp³-hybridized carbons (Fsp3) is 1.00. The summed E-state index contributed by atoms with van der Waals surface area (Å²) in [4.78, 5) is 0. The summed E-state index contributed by atoms with van der Waals surface area (Å²) in [6.07, 6.45) is 0. The van der Waals surface area contributed by atoms with Crippen LogP contribution in [0.1, 0.15) is 41.5 Å². The summed E-state index contributed by atoms with van der Waals surface area (Å²) in [5.41, 5.74) is 0.527. The maximum absolute atomic E-state index is 2.70. The number of nitrogens with zero attached hydrogens (tertiary/aromatic N) is 1. The second-order valence-corrected chi connectivity index (χ2v) is 8.64. The summed E-state index contributed by atoms with van der Waals surface area (Å²) < 4.78 is 2.70. The van der Waals surface area contributed by atoms with E-state index in [1.165, 1.54) is 0 Å².